The van der Waals surface area contributed by atoms with Crippen molar-refractivity contribution in [3.63, 3.8) is 0 Å². The molecule has 0 atom stereocenters. The second kappa shape index (κ2) is 2.06. The third-order valence-corrected chi connectivity index (χ3v) is 1.74. The highest BCUT2D eigenvalue weighted by molar-refractivity contribution is 6.37. The largest absolute Gasteiger partial charge is 0.241 e. The van der Waals surface area contributed by atoms with Gasteiger partial charge in [-0.1, -0.05) is 17.7 Å². The molecule has 0 aromatic heterocycles. The smallest absolute Gasteiger partial charge is 0.160 e. The molecule has 2 aliphatic heterocycles. The van der Waals surface area contributed by atoms with Gasteiger partial charge >= 0.3 is 0 Å². The first-order valence-electron chi connectivity index (χ1n) is 3.05. The van der Waals surface area contributed by atoms with Crippen molar-refractivity contribution < 1.29 is 0 Å². The van der Waals surface area contributed by atoms with Gasteiger partial charge in [-0.15, -0.1) is 0 Å². The summed E-state index contributed by atoms with van der Waals surface area (Å²) in [6, 6.07) is 0. The zero-order valence-electron chi connectivity index (χ0n) is 5.21. The van der Waals surface area contributed by atoms with E-state index in [1.165, 1.54) is 0 Å². The molecule has 0 saturated carbocycles. The van der Waals surface area contributed by atoms with E-state index in [-0.39, 0.29) is 0 Å². The zero-order chi connectivity index (χ0) is 6.97. The van der Waals surface area contributed by atoms with E-state index in [4.69, 9.17) is 11.6 Å². The zero-order valence-corrected chi connectivity index (χ0v) is 5.97. The lowest BCUT2D eigenvalue weighted by molar-refractivity contribution is 1.42. The van der Waals surface area contributed by atoms with Gasteiger partial charge < -0.3 is 0 Å². The first-order valence-corrected chi connectivity index (χ1v) is 3.42. The topological polar surface area (TPSA) is 24.7 Å². The fourth-order valence-corrected chi connectivity index (χ4v) is 1.18. The summed E-state index contributed by atoms with van der Waals surface area (Å²) >= 11 is 5.79. The number of allylic oxidation sites excluding steroid dienone is 1. The molecule has 0 aromatic carbocycles. The predicted octanol–water partition coefficient (Wildman–Crippen LogP) is 1.88. The molecule has 0 aromatic rings. The van der Waals surface area contributed by atoms with Gasteiger partial charge in [-0.25, -0.2) is 9.98 Å². The fourth-order valence-electron chi connectivity index (χ4n) is 0.965. The second-order valence-corrected chi connectivity index (χ2v) is 2.50. The third-order valence-electron chi connectivity index (χ3n) is 1.44. The van der Waals surface area contributed by atoms with Gasteiger partial charge in [-0.05, 0) is 0 Å². The number of hydrogen-bond acceptors (Lipinski definition) is 2. The Morgan fingerprint density at radius 3 is 3.20 bits per heavy atom. The molecule has 10 heavy (non-hydrogen) atoms. The van der Waals surface area contributed by atoms with Crippen molar-refractivity contribution in [2.24, 2.45) is 9.98 Å². The number of nitrogens with zero attached hydrogens (tertiary/aromatic N) is 2. The standard InChI is InChI=1S/C7H5ClN2/c8-6-4-10-7-5(6)2-1-3-9-7/h2-4H,1H2. The van der Waals surface area contributed by atoms with Crippen molar-refractivity contribution in [1.29, 1.82) is 0 Å². The van der Waals surface area contributed by atoms with E-state index in [0.29, 0.717) is 5.03 Å². The van der Waals surface area contributed by atoms with Gasteiger partial charge in [0.25, 0.3) is 0 Å². The van der Waals surface area contributed by atoms with Crippen molar-refractivity contribution in [1.82, 2.24) is 0 Å². The summed E-state index contributed by atoms with van der Waals surface area (Å²) in [6.45, 7) is 0. The number of fused-ring (bicyclic) bond motifs is 1. The second-order valence-electron chi connectivity index (χ2n) is 2.09. The Morgan fingerprint density at radius 2 is 2.40 bits per heavy atom. The van der Waals surface area contributed by atoms with E-state index in [1.807, 2.05) is 12.3 Å². The average molecular weight is 153 g/mol. The molecule has 0 N–H and O–H groups in total. The van der Waals surface area contributed by atoms with Crippen LogP contribution in [0.15, 0.2) is 32.9 Å². The molecule has 0 aliphatic carbocycles. The maximum Gasteiger partial charge on any atom is 0.160 e. The molecule has 2 nitrogen and oxygen atoms in total. The van der Waals surface area contributed by atoms with E-state index in [2.05, 4.69) is 9.98 Å². The molecule has 3 heteroatoms. The molecular formula is C7H5ClN2. The Labute approximate surface area is 63.6 Å². The van der Waals surface area contributed by atoms with Gasteiger partial charge in [0.05, 0.1) is 5.03 Å². The van der Waals surface area contributed by atoms with Crippen molar-refractivity contribution in [3.8, 4) is 0 Å². The third kappa shape index (κ3) is 0.727. The molecule has 50 valence electrons. The molecule has 0 radical (unpaired) electrons. The number of rotatable bonds is 0. The van der Waals surface area contributed by atoms with Crippen LogP contribution in [0.25, 0.3) is 0 Å². The summed E-state index contributed by atoms with van der Waals surface area (Å²) in [6.07, 6.45) is 6.34. The Morgan fingerprint density at radius 1 is 1.50 bits per heavy atom. The summed E-state index contributed by atoms with van der Waals surface area (Å²) in [5.74, 6) is 0.747. The fraction of sp³-hybridized carbons (Fsp3) is 0.143. The van der Waals surface area contributed by atoms with Gasteiger partial charge in [-0.3, -0.25) is 0 Å². The summed E-state index contributed by atoms with van der Waals surface area (Å²) in [7, 11) is 0. The number of amidine groups is 1. The van der Waals surface area contributed by atoms with Crippen LogP contribution < -0.4 is 0 Å². The van der Waals surface area contributed by atoms with E-state index >= 15 is 0 Å². The molecular weight excluding hydrogens is 148 g/mol. The van der Waals surface area contributed by atoms with Crippen molar-refractivity contribution >= 4 is 23.7 Å². The van der Waals surface area contributed by atoms with E-state index < -0.39 is 0 Å². The average Bonchev–Trinajstić information content (AvgIpc) is 2.34. The van der Waals surface area contributed by atoms with Crippen molar-refractivity contribution in [3.05, 3.63) is 22.9 Å². The van der Waals surface area contributed by atoms with Crippen LogP contribution in [0.1, 0.15) is 6.42 Å². The van der Waals surface area contributed by atoms with Gasteiger partial charge in [0.1, 0.15) is 0 Å². The van der Waals surface area contributed by atoms with Crippen LogP contribution >= 0.6 is 11.6 Å². The van der Waals surface area contributed by atoms with Gasteiger partial charge in [0.15, 0.2) is 5.84 Å². The minimum Gasteiger partial charge on any atom is -0.241 e. The summed E-state index contributed by atoms with van der Waals surface area (Å²) in [5.41, 5.74) is 0.976. The molecule has 0 spiro atoms. The highest BCUT2D eigenvalue weighted by Gasteiger charge is 2.15. The van der Waals surface area contributed by atoms with Crippen LogP contribution in [0, 0.1) is 0 Å². The van der Waals surface area contributed by atoms with E-state index in [9.17, 15) is 0 Å². The van der Waals surface area contributed by atoms with Crippen LogP contribution in [-0.2, 0) is 0 Å². The Bertz CT molecular complexity index is 284. The number of hydrogen-bond donors (Lipinski definition) is 0. The first kappa shape index (κ1) is 5.86. The molecule has 0 unspecified atom stereocenters. The lowest BCUT2D eigenvalue weighted by Gasteiger charge is -2.01. The molecule has 2 heterocycles. The van der Waals surface area contributed by atoms with Crippen LogP contribution in [0.2, 0.25) is 0 Å². The molecule has 0 saturated heterocycles. The minimum atomic E-state index is 0.701. The van der Waals surface area contributed by atoms with Crippen LogP contribution in [0.5, 0.6) is 0 Å². The molecule has 0 bridgehead atoms. The first-order chi connectivity index (χ1) is 4.88. The highest BCUT2D eigenvalue weighted by Crippen LogP contribution is 2.24. The minimum absolute atomic E-state index is 0.701. The summed E-state index contributed by atoms with van der Waals surface area (Å²) in [4.78, 5) is 8.06. The summed E-state index contributed by atoms with van der Waals surface area (Å²) < 4.78 is 0. The van der Waals surface area contributed by atoms with E-state index in [0.717, 1.165) is 17.8 Å². The summed E-state index contributed by atoms with van der Waals surface area (Å²) in [5, 5.41) is 0.701. The van der Waals surface area contributed by atoms with Crippen molar-refractivity contribution in [2.45, 2.75) is 6.42 Å². The molecule has 0 fully saturated rings. The Hall–Kier alpha value is -0.890. The Kier molecular flexibility index (Phi) is 1.21. The van der Waals surface area contributed by atoms with E-state index in [1.54, 1.807) is 6.20 Å². The number of aliphatic imine (C=N–C) groups is 2. The molecule has 2 rings (SSSR count). The Balaban J connectivity index is 2.45. The van der Waals surface area contributed by atoms with Crippen LogP contribution in [0.3, 0.4) is 0 Å². The van der Waals surface area contributed by atoms with Crippen LogP contribution in [-0.4, -0.2) is 12.1 Å². The lowest BCUT2D eigenvalue weighted by atomic mass is 10.2. The van der Waals surface area contributed by atoms with Crippen molar-refractivity contribution in [2.75, 3.05) is 0 Å². The monoisotopic (exact) mass is 152 g/mol. The van der Waals surface area contributed by atoms with Gasteiger partial charge in [0.2, 0.25) is 0 Å². The SMILES string of the molecule is ClC1=CN=C2N=CCC=C12. The highest BCUT2D eigenvalue weighted by atomic mass is 35.5. The molecule has 2 aliphatic rings. The normalized spacial score (nSPS) is 21.5. The van der Waals surface area contributed by atoms with Gasteiger partial charge in [0, 0.05) is 24.4 Å². The lowest BCUT2D eigenvalue weighted by Crippen LogP contribution is -2.00. The predicted molar refractivity (Wildman–Crippen MR) is 42.6 cm³/mol. The quantitative estimate of drug-likeness (QED) is 0.507. The maximum atomic E-state index is 5.79. The van der Waals surface area contributed by atoms with Gasteiger partial charge in [-0.2, -0.15) is 0 Å². The van der Waals surface area contributed by atoms with Crippen LogP contribution in [0.4, 0.5) is 0 Å². The number of halogens is 1. The molecule has 0 amide bonds. The number of dihydropyridines is 1. The maximum absolute atomic E-state index is 5.79.